The summed E-state index contributed by atoms with van der Waals surface area (Å²) in [5.74, 6) is -3.01. The van der Waals surface area contributed by atoms with Gasteiger partial charge >= 0.3 is 7.82 Å². The van der Waals surface area contributed by atoms with Crippen molar-refractivity contribution < 1.29 is 68.0 Å². The highest BCUT2D eigenvalue weighted by Crippen LogP contribution is 2.71. The first kappa shape index (κ1) is 43.6. The number of allylic oxidation sites excluding steroid dienone is 8. The van der Waals surface area contributed by atoms with Gasteiger partial charge in [0.1, 0.15) is 24.4 Å². The molecule has 0 aromatic heterocycles. The lowest BCUT2D eigenvalue weighted by atomic mass is 9.44. The van der Waals surface area contributed by atoms with Gasteiger partial charge in [-0.2, -0.15) is 0 Å². The molecule has 0 aromatic carbocycles. The molecule has 58 heavy (non-hydrogen) atoms. The number of rotatable bonds is 6. The minimum atomic E-state index is -4.84. The molecule has 8 aliphatic carbocycles. The fourth-order valence-electron chi connectivity index (χ4n) is 14.3. The van der Waals surface area contributed by atoms with Crippen LogP contribution in [0.2, 0.25) is 0 Å². The van der Waals surface area contributed by atoms with Gasteiger partial charge in [0.2, 0.25) is 0 Å². The van der Waals surface area contributed by atoms with E-state index in [-0.39, 0.29) is 54.5 Å². The lowest BCUT2D eigenvalue weighted by Crippen LogP contribution is -2.69. The first-order valence-electron chi connectivity index (χ1n) is 20.5. The number of halogens is 1. The largest absolute Gasteiger partial charge is 0.470 e. The van der Waals surface area contributed by atoms with Gasteiger partial charge in [-0.05, 0) is 113 Å². The molecule has 6 fully saturated rings. The summed E-state index contributed by atoms with van der Waals surface area (Å²) < 4.78 is 32.2. The number of phosphoric ester groups is 1. The molecule has 0 spiro atoms. The van der Waals surface area contributed by atoms with Crippen LogP contribution in [-0.4, -0.2) is 101 Å². The van der Waals surface area contributed by atoms with Crippen LogP contribution >= 0.6 is 7.82 Å². The number of ketones is 4. The monoisotopic (exact) mass is 832 g/mol. The van der Waals surface area contributed by atoms with Crippen LogP contribution in [0.3, 0.4) is 0 Å². The van der Waals surface area contributed by atoms with Crippen molar-refractivity contribution in [3.05, 3.63) is 47.6 Å². The first-order chi connectivity index (χ1) is 26.8. The number of fused-ring (bicyclic) bond motifs is 10. The molecule has 15 heteroatoms. The molecule has 7 N–H and O–H groups in total. The standard InChI is InChI=1S/C22H29FO5.C21H29O8P/c1-12-8-16-15-5-4-13-9-14(25)6-7-19(13,2)21(15,23)17(26)10-20(16,3)22(12,28)18(27)11-24;1-19-7-5-13(22)9-12(19)3-4-14-15-6-8-21(25,17(24)11-29-30(26,27)28)20(15,2)10-16(23)18(14)19/h6-7,9,12,15-17,24,26,28H,4-5,8,10-11H2,1-3H3;5,7,9,14-16,18,23,25H,3-4,6,8,10-11H2,1-2H3,(H2,26,27,28)/t12-,15+,16+,17+,19+,20+,21+,22+;14-,15-,16-,18+,19-,20-,21-/m10/s1. The van der Waals surface area contributed by atoms with Crippen LogP contribution in [0.4, 0.5) is 4.39 Å². The van der Waals surface area contributed by atoms with Crippen molar-refractivity contribution in [1.82, 2.24) is 0 Å². The molecule has 0 heterocycles. The minimum Gasteiger partial charge on any atom is -0.393 e. The average molecular weight is 833 g/mol. The number of Topliss-reactive ketones (excluding diaryl/α,β-unsaturated/α-hetero) is 2. The van der Waals surface area contributed by atoms with Gasteiger partial charge < -0.3 is 35.3 Å². The molecule has 0 radical (unpaired) electrons. The predicted octanol–water partition coefficient (Wildman–Crippen LogP) is 3.57. The van der Waals surface area contributed by atoms with Crippen LogP contribution < -0.4 is 0 Å². The SMILES string of the molecule is C[C@@H]1C[C@H]2[C@@H]3CCC4=CC(=O)C=C[C@]4(C)[C@@]3(F)[C@@H](O)C[C@]2(C)[C@@]1(O)C(=O)CO.C[C@]12C=CC(=O)C=C1CC[C@@H]1[C@@H]2[C@@H](O)C[C@@]2(C)[C@H]1CC[C@]2(O)C(=O)COP(=O)(O)O. The third-order valence-corrected chi connectivity index (χ3v) is 17.7. The Morgan fingerprint density at radius 2 is 1.48 bits per heavy atom. The van der Waals surface area contributed by atoms with Crippen molar-refractivity contribution in [3.8, 4) is 0 Å². The lowest BCUT2D eigenvalue weighted by molar-refractivity contribution is -0.219. The molecule has 0 aromatic rings. The fourth-order valence-corrected chi connectivity index (χ4v) is 14.6. The highest BCUT2D eigenvalue weighted by Gasteiger charge is 2.75. The summed E-state index contributed by atoms with van der Waals surface area (Å²) in [4.78, 5) is 66.9. The Bertz CT molecular complexity index is 1970. The second-order valence-electron chi connectivity index (χ2n) is 19.5. The zero-order chi connectivity index (χ0) is 42.8. The van der Waals surface area contributed by atoms with Gasteiger partial charge in [-0.3, -0.25) is 23.7 Å². The van der Waals surface area contributed by atoms with Crippen LogP contribution in [-0.2, 0) is 28.3 Å². The van der Waals surface area contributed by atoms with Gasteiger partial charge in [-0.15, -0.1) is 0 Å². The van der Waals surface area contributed by atoms with E-state index in [4.69, 9.17) is 9.79 Å². The molecule has 6 saturated carbocycles. The van der Waals surface area contributed by atoms with Crippen LogP contribution in [0.1, 0.15) is 92.4 Å². The highest BCUT2D eigenvalue weighted by atomic mass is 31.2. The lowest BCUT2D eigenvalue weighted by Gasteiger charge is -2.62. The van der Waals surface area contributed by atoms with E-state index >= 15 is 4.39 Å². The zero-order valence-corrected chi connectivity index (χ0v) is 34.7. The molecule has 15 atom stereocenters. The normalized spacial score (nSPS) is 48.8. The van der Waals surface area contributed by atoms with E-state index in [0.717, 1.165) is 18.4 Å². The van der Waals surface area contributed by atoms with E-state index in [1.54, 1.807) is 45.9 Å². The quantitative estimate of drug-likeness (QED) is 0.190. The van der Waals surface area contributed by atoms with Crippen LogP contribution in [0, 0.1) is 57.2 Å². The molecule has 0 aliphatic heterocycles. The van der Waals surface area contributed by atoms with Gasteiger partial charge in [0, 0.05) is 33.5 Å². The Balaban J connectivity index is 0.000000177. The van der Waals surface area contributed by atoms with Crippen LogP contribution in [0.5, 0.6) is 0 Å². The molecule has 13 nitrogen and oxygen atoms in total. The molecule has 8 rings (SSSR count). The molecular formula is C43H58FO13P. The Kier molecular flexibility index (Phi) is 10.5. The number of carbonyl (C=O) groups excluding carboxylic acids is 4. The van der Waals surface area contributed by atoms with E-state index in [1.807, 2.05) is 13.0 Å². The number of carbonyl (C=O) groups is 4. The highest BCUT2D eigenvalue weighted by molar-refractivity contribution is 7.46. The van der Waals surface area contributed by atoms with Crippen LogP contribution in [0.15, 0.2) is 47.6 Å². The maximum absolute atomic E-state index is 16.9. The first-order valence-corrected chi connectivity index (χ1v) is 22.1. The summed E-state index contributed by atoms with van der Waals surface area (Å²) in [6.45, 7) is 7.45. The van der Waals surface area contributed by atoms with E-state index in [0.29, 0.717) is 31.3 Å². The van der Waals surface area contributed by atoms with E-state index in [1.165, 1.54) is 12.2 Å². The Morgan fingerprint density at radius 3 is 2.12 bits per heavy atom. The second-order valence-corrected chi connectivity index (χ2v) is 20.8. The van der Waals surface area contributed by atoms with Crippen molar-refractivity contribution in [2.45, 2.75) is 121 Å². The van der Waals surface area contributed by atoms with Crippen molar-refractivity contribution >= 4 is 31.0 Å². The minimum absolute atomic E-state index is 0.0284. The fraction of sp³-hybridized carbons (Fsp3) is 0.721. The van der Waals surface area contributed by atoms with E-state index in [9.17, 15) is 49.3 Å². The number of aliphatic hydroxyl groups excluding tert-OH is 3. The number of alkyl halides is 1. The number of hydrogen-bond acceptors (Lipinski definition) is 11. The summed E-state index contributed by atoms with van der Waals surface area (Å²) in [7, 11) is -4.84. The Labute approximate surface area is 337 Å². The summed E-state index contributed by atoms with van der Waals surface area (Å²) in [6.07, 6.45) is 11.2. The zero-order valence-electron chi connectivity index (χ0n) is 33.8. The van der Waals surface area contributed by atoms with E-state index in [2.05, 4.69) is 4.52 Å². The molecule has 0 bridgehead atoms. The molecule has 0 saturated heterocycles. The number of aliphatic hydroxyl groups is 5. The molecular weight excluding hydrogens is 774 g/mol. The number of hydrogen-bond donors (Lipinski definition) is 7. The summed E-state index contributed by atoms with van der Waals surface area (Å²) in [6, 6.07) is 0. The third-order valence-electron chi connectivity index (χ3n) is 17.3. The Morgan fingerprint density at radius 1 is 0.862 bits per heavy atom. The predicted molar refractivity (Wildman–Crippen MR) is 206 cm³/mol. The second kappa shape index (κ2) is 14.0. The Hall–Kier alpha value is -2.52. The maximum atomic E-state index is 16.9. The molecule has 0 unspecified atom stereocenters. The summed E-state index contributed by atoms with van der Waals surface area (Å²) >= 11 is 0. The van der Waals surface area contributed by atoms with Crippen molar-refractivity contribution in [2.75, 3.05) is 13.2 Å². The third kappa shape index (κ3) is 5.86. The number of phosphoric acid groups is 1. The van der Waals surface area contributed by atoms with Crippen molar-refractivity contribution in [3.63, 3.8) is 0 Å². The topological polar surface area (TPSA) is 236 Å². The van der Waals surface area contributed by atoms with Gasteiger partial charge in [0.25, 0.3) is 0 Å². The van der Waals surface area contributed by atoms with Crippen molar-refractivity contribution in [1.29, 1.82) is 0 Å². The van der Waals surface area contributed by atoms with Gasteiger partial charge in [0.05, 0.1) is 12.2 Å². The summed E-state index contributed by atoms with van der Waals surface area (Å²) in [5.41, 5.74) is -7.31. The smallest absolute Gasteiger partial charge is 0.393 e. The molecule has 320 valence electrons. The maximum Gasteiger partial charge on any atom is 0.470 e. The van der Waals surface area contributed by atoms with Crippen LogP contribution in [0.25, 0.3) is 0 Å². The van der Waals surface area contributed by atoms with Crippen molar-refractivity contribution in [2.24, 2.45) is 57.2 Å². The van der Waals surface area contributed by atoms with E-state index < -0.39 is 95.2 Å². The molecule has 8 aliphatic rings. The average Bonchev–Trinajstić information content (AvgIpc) is 3.53. The van der Waals surface area contributed by atoms with Gasteiger partial charge in [0.15, 0.2) is 28.8 Å². The van der Waals surface area contributed by atoms with Gasteiger partial charge in [-0.1, -0.05) is 51.0 Å². The van der Waals surface area contributed by atoms with Gasteiger partial charge in [-0.25, -0.2) is 8.96 Å². The summed E-state index contributed by atoms with van der Waals surface area (Å²) in [5, 5.41) is 54.6. The molecule has 0 amide bonds.